The van der Waals surface area contributed by atoms with E-state index in [2.05, 4.69) is 10.3 Å². The molecule has 0 radical (unpaired) electrons. The number of amides is 1. The summed E-state index contributed by atoms with van der Waals surface area (Å²) < 4.78 is 0. The molecule has 1 aliphatic carbocycles. The number of nitrogens with two attached hydrogens (primary N) is 1. The molecule has 0 spiro atoms. The van der Waals surface area contributed by atoms with Gasteiger partial charge in [-0.3, -0.25) is 4.79 Å². The third kappa shape index (κ3) is 2.95. The van der Waals surface area contributed by atoms with E-state index >= 15 is 0 Å². The van der Waals surface area contributed by atoms with Gasteiger partial charge in [-0.15, -0.1) is 11.3 Å². The zero-order chi connectivity index (χ0) is 11.4. The van der Waals surface area contributed by atoms with E-state index in [0.717, 1.165) is 18.5 Å². The summed E-state index contributed by atoms with van der Waals surface area (Å²) in [5, 5.41) is 5.37. The van der Waals surface area contributed by atoms with Crippen LogP contribution in [0.2, 0.25) is 0 Å². The van der Waals surface area contributed by atoms with Gasteiger partial charge in [0.1, 0.15) is 0 Å². The number of thiazole rings is 1. The lowest BCUT2D eigenvalue weighted by molar-refractivity contribution is -0.126. The highest BCUT2D eigenvalue weighted by molar-refractivity contribution is 7.13. The zero-order valence-electron chi connectivity index (χ0n) is 9.24. The van der Waals surface area contributed by atoms with Crippen molar-refractivity contribution in [3.05, 3.63) is 11.1 Å². The molecular formula is C11H17N3OS. The summed E-state index contributed by atoms with van der Waals surface area (Å²) in [6.45, 7) is 0.503. The molecule has 4 nitrogen and oxygen atoms in total. The highest BCUT2D eigenvalue weighted by Gasteiger charge is 2.20. The van der Waals surface area contributed by atoms with Crippen molar-refractivity contribution in [2.75, 3.05) is 5.73 Å². The van der Waals surface area contributed by atoms with Gasteiger partial charge in [-0.25, -0.2) is 4.98 Å². The molecule has 0 aliphatic heterocycles. The van der Waals surface area contributed by atoms with E-state index < -0.39 is 0 Å². The van der Waals surface area contributed by atoms with E-state index in [9.17, 15) is 4.79 Å². The van der Waals surface area contributed by atoms with E-state index in [-0.39, 0.29) is 11.8 Å². The molecule has 3 N–H and O–H groups in total. The van der Waals surface area contributed by atoms with Gasteiger partial charge in [0.15, 0.2) is 5.13 Å². The number of carbonyl (C=O) groups excluding carboxylic acids is 1. The largest absolute Gasteiger partial charge is 0.375 e. The minimum atomic E-state index is 0.172. The van der Waals surface area contributed by atoms with Crippen LogP contribution < -0.4 is 11.1 Å². The highest BCUT2D eigenvalue weighted by Crippen LogP contribution is 2.23. The molecule has 16 heavy (non-hydrogen) atoms. The first-order valence-electron chi connectivity index (χ1n) is 5.73. The van der Waals surface area contributed by atoms with Gasteiger partial charge in [-0.05, 0) is 12.8 Å². The Labute approximate surface area is 99.3 Å². The molecule has 2 rings (SSSR count). The third-order valence-corrected chi connectivity index (χ3v) is 3.71. The second kappa shape index (κ2) is 5.30. The van der Waals surface area contributed by atoms with Crippen LogP contribution in [0.25, 0.3) is 0 Å². The molecule has 1 fully saturated rings. The molecule has 0 atom stereocenters. The molecule has 0 bridgehead atoms. The fourth-order valence-corrected chi connectivity index (χ4v) is 2.65. The van der Waals surface area contributed by atoms with E-state index in [1.807, 2.05) is 5.38 Å². The van der Waals surface area contributed by atoms with Crippen LogP contribution in [-0.4, -0.2) is 10.9 Å². The first-order valence-corrected chi connectivity index (χ1v) is 6.61. The van der Waals surface area contributed by atoms with Crippen LogP contribution >= 0.6 is 11.3 Å². The third-order valence-electron chi connectivity index (χ3n) is 2.99. The van der Waals surface area contributed by atoms with Crippen molar-refractivity contribution in [3.63, 3.8) is 0 Å². The highest BCUT2D eigenvalue weighted by atomic mass is 32.1. The molecule has 0 saturated heterocycles. The number of hydrogen-bond donors (Lipinski definition) is 2. The van der Waals surface area contributed by atoms with Crippen molar-refractivity contribution in [3.8, 4) is 0 Å². The Morgan fingerprint density at radius 1 is 1.50 bits per heavy atom. The van der Waals surface area contributed by atoms with E-state index in [1.165, 1.54) is 30.6 Å². The summed E-state index contributed by atoms with van der Waals surface area (Å²) in [4.78, 5) is 15.9. The molecule has 1 aromatic rings. The van der Waals surface area contributed by atoms with Crippen LogP contribution in [0.5, 0.6) is 0 Å². The lowest BCUT2D eigenvalue weighted by atomic mass is 9.89. The summed E-state index contributed by atoms with van der Waals surface area (Å²) >= 11 is 1.41. The van der Waals surface area contributed by atoms with Gasteiger partial charge in [0.25, 0.3) is 0 Å². The van der Waals surface area contributed by atoms with Crippen molar-refractivity contribution in [2.24, 2.45) is 5.92 Å². The standard InChI is InChI=1S/C11H17N3OS/c12-11-14-9(7-16-11)6-13-10(15)8-4-2-1-3-5-8/h7-8H,1-6H2,(H2,12,14)(H,13,15). The van der Waals surface area contributed by atoms with Gasteiger partial charge in [0, 0.05) is 11.3 Å². The van der Waals surface area contributed by atoms with Crippen molar-refractivity contribution in [1.29, 1.82) is 0 Å². The quantitative estimate of drug-likeness (QED) is 0.846. The van der Waals surface area contributed by atoms with Crippen LogP contribution in [0, 0.1) is 5.92 Å². The van der Waals surface area contributed by atoms with Gasteiger partial charge in [-0.1, -0.05) is 19.3 Å². The Hall–Kier alpha value is -1.10. The number of nitrogen functional groups attached to an aromatic ring is 1. The molecule has 1 aliphatic rings. The van der Waals surface area contributed by atoms with Gasteiger partial charge in [0.2, 0.25) is 5.91 Å². The molecule has 1 saturated carbocycles. The number of carbonyl (C=O) groups is 1. The molecule has 1 aromatic heterocycles. The molecule has 0 unspecified atom stereocenters. The minimum Gasteiger partial charge on any atom is -0.375 e. The summed E-state index contributed by atoms with van der Waals surface area (Å²) in [5.41, 5.74) is 6.38. The SMILES string of the molecule is Nc1nc(CNC(=O)C2CCCCC2)cs1. The number of nitrogens with one attached hydrogen (secondary N) is 1. The smallest absolute Gasteiger partial charge is 0.223 e. The number of hydrogen-bond acceptors (Lipinski definition) is 4. The normalized spacial score (nSPS) is 17.2. The Kier molecular flexibility index (Phi) is 3.77. The van der Waals surface area contributed by atoms with Crippen molar-refractivity contribution < 1.29 is 4.79 Å². The first-order chi connectivity index (χ1) is 7.75. The predicted octanol–water partition coefficient (Wildman–Crippen LogP) is 1.92. The fourth-order valence-electron chi connectivity index (χ4n) is 2.09. The lowest BCUT2D eigenvalue weighted by Crippen LogP contribution is -2.31. The molecule has 0 aromatic carbocycles. The van der Waals surface area contributed by atoms with E-state index in [1.54, 1.807) is 0 Å². The van der Waals surface area contributed by atoms with Crippen molar-refractivity contribution in [1.82, 2.24) is 10.3 Å². The monoisotopic (exact) mass is 239 g/mol. The maximum Gasteiger partial charge on any atom is 0.223 e. The number of aromatic nitrogens is 1. The maximum absolute atomic E-state index is 11.8. The van der Waals surface area contributed by atoms with Crippen LogP contribution in [0.3, 0.4) is 0 Å². The molecular weight excluding hydrogens is 222 g/mol. The van der Waals surface area contributed by atoms with Crippen molar-refractivity contribution >= 4 is 22.4 Å². The molecule has 1 amide bonds. The second-order valence-corrected chi connectivity index (χ2v) is 5.12. The van der Waals surface area contributed by atoms with Gasteiger partial charge < -0.3 is 11.1 Å². The summed E-state index contributed by atoms with van der Waals surface area (Å²) in [6.07, 6.45) is 5.70. The Morgan fingerprint density at radius 2 is 2.25 bits per heavy atom. The summed E-state index contributed by atoms with van der Waals surface area (Å²) in [5.74, 6) is 0.385. The minimum absolute atomic E-state index is 0.172. The molecule has 1 heterocycles. The van der Waals surface area contributed by atoms with Gasteiger partial charge in [0.05, 0.1) is 12.2 Å². The lowest BCUT2D eigenvalue weighted by Gasteiger charge is -2.20. The topological polar surface area (TPSA) is 68.0 Å². The van der Waals surface area contributed by atoms with Crippen LogP contribution in [-0.2, 0) is 11.3 Å². The Morgan fingerprint density at radius 3 is 2.88 bits per heavy atom. The van der Waals surface area contributed by atoms with Crippen molar-refractivity contribution in [2.45, 2.75) is 38.6 Å². The second-order valence-electron chi connectivity index (χ2n) is 4.23. The van der Waals surface area contributed by atoms with Crippen LogP contribution in [0.15, 0.2) is 5.38 Å². The molecule has 88 valence electrons. The number of rotatable bonds is 3. The Balaban J connectivity index is 1.78. The number of anilines is 1. The van der Waals surface area contributed by atoms with E-state index in [4.69, 9.17) is 5.73 Å². The summed E-state index contributed by atoms with van der Waals surface area (Å²) in [6, 6.07) is 0. The number of nitrogens with zero attached hydrogens (tertiary/aromatic N) is 1. The predicted molar refractivity (Wildman–Crippen MR) is 64.9 cm³/mol. The first kappa shape index (κ1) is 11.4. The van der Waals surface area contributed by atoms with Gasteiger partial charge in [-0.2, -0.15) is 0 Å². The molecule has 5 heteroatoms. The van der Waals surface area contributed by atoms with E-state index in [0.29, 0.717) is 11.7 Å². The van der Waals surface area contributed by atoms with Crippen LogP contribution in [0.4, 0.5) is 5.13 Å². The average Bonchev–Trinajstić information content (AvgIpc) is 2.73. The van der Waals surface area contributed by atoms with Crippen LogP contribution in [0.1, 0.15) is 37.8 Å². The average molecular weight is 239 g/mol. The Bertz CT molecular complexity index is 358. The summed E-state index contributed by atoms with van der Waals surface area (Å²) in [7, 11) is 0. The maximum atomic E-state index is 11.8. The van der Waals surface area contributed by atoms with Gasteiger partial charge >= 0.3 is 0 Å². The zero-order valence-corrected chi connectivity index (χ0v) is 10.1. The fraction of sp³-hybridized carbons (Fsp3) is 0.636.